The largest absolute Gasteiger partial charge is 0.497 e. The maximum absolute atomic E-state index is 7.22. The quantitative estimate of drug-likeness (QED) is 0.320. The predicted molar refractivity (Wildman–Crippen MR) is 138 cm³/mol. The van der Waals surface area contributed by atoms with Crippen molar-refractivity contribution in [1.29, 1.82) is 0 Å². The van der Waals surface area contributed by atoms with Gasteiger partial charge in [0.05, 0.1) is 7.11 Å². The summed E-state index contributed by atoms with van der Waals surface area (Å²) in [4.78, 5) is 0. The summed E-state index contributed by atoms with van der Waals surface area (Å²) in [6.07, 6.45) is 8.56. The zero-order valence-electron chi connectivity index (χ0n) is 19.7. The maximum atomic E-state index is 7.22. The molecule has 7 rings (SSSR count). The first kappa shape index (κ1) is 19.9. The molecular weight excluding hydrogens is 416 g/mol. The highest BCUT2D eigenvalue weighted by atomic mass is 16.5. The molecular formula is C32H28O2. The van der Waals surface area contributed by atoms with Crippen LogP contribution in [-0.4, -0.2) is 7.11 Å². The van der Waals surface area contributed by atoms with Crippen LogP contribution in [0.4, 0.5) is 0 Å². The third-order valence-electron chi connectivity index (χ3n) is 8.28. The van der Waals surface area contributed by atoms with Crippen LogP contribution < -0.4 is 9.47 Å². The molecule has 168 valence electrons. The van der Waals surface area contributed by atoms with Gasteiger partial charge in [0.15, 0.2) is 5.60 Å². The minimum absolute atomic E-state index is 0.666. The van der Waals surface area contributed by atoms with Crippen LogP contribution in [0.2, 0.25) is 0 Å². The minimum atomic E-state index is -0.693. The van der Waals surface area contributed by atoms with Crippen LogP contribution in [0.3, 0.4) is 0 Å². The summed E-state index contributed by atoms with van der Waals surface area (Å²) < 4.78 is 12.7. The molecule has 2 heteroatoms. The second-order valence-corrected chi connectivity index (χ2v) is 10.1. The predicted octanol–water partition coefficient (Wildman–Crippen LogP) is 7.87. The van der Waals surface area contributed by atoms with E-state index in [1.165, 1.54) is 41.2 Å². The van der Waals surface area contributed by atoms with Crippen LogP contribution in [0.1, 0.15) is 64.5 Å². The number of fused-ring (bicyclic) bond motifs is 10. The molecule has 1 saturated carbocycles. The Hall–Kier alpha value is -3.52. The Morgan fingerprint density at radius 2 is 1.44 bits per heavy atom. The molecule has 3 aliphatic rings. The van der Waals surface area contributed by atoms with Crippen LogP contribution in [0, 0.1) is 6.92 Å². The molecule has 0 aromatic heterocycles. The summed E-state index contributed by atoms with van der Waals surface area (Å²) in [6, 6.07) is 25.9. The first-order valence-electron chi connectivity index (χ1n) is 12.4. The lowest BCUT2D eigenvalue weighted by molar-refractivity contribution is 0.163. The maximum Gasteiger partial charge on any atom is 0.178 e. The van der Waals surface area contributed by atoms with Gasteiger partial charge < -0.3 is 9.47 Å². The van der Waals surface area contributed by atoms with E-state index in [1.54, 1.807) is 18.2 Å². The molecule has 0 saturated heterocycles. The standard InChI is InChI=1S/C32H28O2/c1-20-7-11-23(12-8-20)32(24-13-15-25(33-2)16-14-24)18-17-28-30-22-10-9-21(19-22)29(30)26-5-3-4-6-27(26)31(28)34-32/h3-8,11-18,21-22H,9-10,19H2,1-2H3. The highest BCUT2D eigenvalue weighted by Crippen LogP contribution is 2.60. The molecule has 2 nitrogen and oxygen atoms in total. The fourth-order valence-electron chi connectivity index (χ4n) is 6.65. The van der Waals surface area contributed by atoms with Gasteiger partial charge in [-0.1, -0.05) is 72.3 Å². The van der Waals surface area contributed by atoms with E-state index in [2.05, 4.69) is 79.7 Å². The van der Waals surface area contributed by atoms with Crippen molar-refractivity contribution < 1.29 is 9.47 Å². The Kier molecular flexibility index (Phi) is 4.24. The van der Waals surface area contributed by atoms with E-state index in [4.69, 9.17) is 9.47 Å². The second kappa shape index (κ2) is 7.24. The van der Waals surface area contributed by atoms with Crippen molar-refractivity contribution in [2.24, 2.45) is 0 Å². The number of ether oxygens (including phenoxy) is 2. The Bertz CT molecular complexity index is 1450. The number of benzene rings is 4. The van der Waals surface area contributed by atoms with Crippen LogP contribution in [0.25, 0.3) is 16.8 Å². The van der Waals surface area contributed by atoms with Gasteiger partial charge in [-0.25, -0.2) is 0 Å². The number of methoxy groups -OCH3 is 1. The molecule has 2 bridgehead atoms. The van der Waals surface area contributed by atoms with Crippen LogP contribution in [0.5, 0.6) is 11.5 Å². The van der Waals surface area contributed by atoms with Crippen LogP contribution in [0.15, 0.2) is 78.9 Å². The van der Waals surface area contributed by atoms with E-state index in [1.807, 2.05) is 12.1 Å². The van der Waals surface area contributed by atoms with Gasteiger partial charge in [-0.15, -0.1) is 0 Å². The fraction of sp³-hybridized carbons (Fsp3) is 0.250. The molecule has 3 atom stereocenters. The van der Waals surface area contributed by atoms with Gasteiger partial charge in [-0.3, -0.25) is 0 Å². The highest BCUT2D eigenvalue weighted by molar-refractivity contribution is 5.98. The summed E-state index contributed by atoms with van der Waals surface area (Å²) in [7, 11) is 1.71. The Morgan fingerprint density at radius 1 is 0.794 bits per heavy atom. The Morgan fingerprint density at radius 3 is 2.15 bits per heavy atom. The molecule has 0 N–H and O–H groups in total. The van der Waals surface area contributed by atoms with Crippen molar-refractivity contribution in [2.75, 3.05) is 7.11 Å². The summed E-state index contributed by atoms with van der Waals surface area (Å²) in [5.74, 6) is 3.25. The van der Waals surface area contributed by atoms with E-state index in [0.717, 1.165) is 22.6 Å². The second-order valence-electron chi connectivity index (χ2n) is 10.1. The average Bonchev–Trinajstić information content (AvgIpc) is 3.52. The number of rotatable bonds is 3. The third-order valence-corrected chi connectivity index (χ3v) is 8.28. The van der Waals surface area contributed by atoms with E-state index < -0.39 is 5.60 Å². The van der Waals surface area contributed by atoms with Gasteiger partial charge in [-0.2, -0.15) is 0 Å². The Balaban J connectivity index is 1.49. The van der Waals surface area contributed by atoms with Crippen molar-refractivity contribution in [2.45, 2.75) is 43.6 Å². The SMILES string of the molecule is COc1ccc(C2(c3ccc(C)cc3)C=Cc3c4c(c5ccccc5c3O2)C2CCC4C2)cc1. The highest BCUT2D eigenvalue weighted by Gasteiger charge is 2.44. The van der Waals surface area contributed by atoms with Gasteiger partial charge in [0.25, 0.3) is 0 Å². The summed E-state index contributed by atoms with van der Waals surface area (Å²) >= 11 is 0. The molecule has 0 radical (unpaired) electrons. The van der Waals surface area contributed by atoms with Crippen LogP contribution in [-0.2, 0) is 5.60 Å². The van der Waals surface area contributed by atoms with Gasteiger partial charge >= 0.3 is 0 Å². The molecule has 2 aliphatic carbocycles. The average molecular weight is 445 g/mol. The normalized spacial score (nSPS) is 24.1. The summed E-state index contributed by atoms with van der Waals surface area (Å²) in [5.41, 5.74) is 7.23. The zero-order chi connectivity index (χ0) is 22.9. The van der Waals surface area contributed by atoms with E-state index >= 15 is 0 Å². The van der Waals surface area contributed by atoms with Crippen molar-refractivity contribution in [3.05, 3.63) is 112 Å². The molecule has 0 spiro atoms. The Labute approximate surface area is 200 Å². The third kappa shape index (κ3) is 2.69. The molecule has 3 unspecified atom stereocenters. The molecule has 4 aromatic carbocycles. The number of aryl methyl sites for hydroxylation is 1. The molecule has 1 aliphatic heterocycles. The monoisotopic (exact) mass is 444 g/mol. The van der Waals surface area contributed by atoms with E-state index in [0.29, 0.717) is 11.8 Å². The van der Waals surface area contributed by atoms with Crippen molar-refractivity contribution in [3.8, 4) is 11.5 Å². The fourth-order valence-corrected chi connectivity index (χ4v) is 6.65. The van der Waals surface area contributed by atoms with E-state index in [9.17, 15) is 0 Å². The van der Waals surface area contributed by atoms with Gasteiger partial charge in [0.2, 0.25) is 0 Å². The van der Waals surface area contributed by atoms with Gasteiger partial charge in [-0.05, 0) is 72.7 Å². The lowest BCUT2D eigenvalue weighted by atomic mass is 9.79. The van der Waals surface area contributed by atoms with Crippen molar-refractivity contribution in [1.82, 2.24) is 0 Å². The zero-order valence-corrected chi connectivity index (χ0v) is 19.7. The summed E-state index contributed by atoms with van der Waals surface area (Å²) in [6.45, 7) is 2.13. The van der Waals surface area contributed by atoms with Crippen molar-refractivity contribution in [3.63, 3.8) is 0 Å². The van der Waals surface area contributed by atoms with E-state index in [-0.39, 0.29) is 0 Å². The molecule has 1 fully saturated rings. The smallest absolute Gasteiger partial charge is 0.178 e. The lowest BCUT2D eigenvalue weighted by Crippen LogP contribution is -2.34. The van der Waals surface area contributed by atoms with Gasteiger partial charge in [0, 0.05) is 22.1 Å². The number of hydrogen-bond donors (Lipinski definition) is 0. The number of hydrogen-bond acceptors (Lipinski definition) is 2. The van der Waals surface area contributed by atoms with Crippen molar-refractivity contribution >= 4 is 16.8 Å². The van der Waals surface area contributed by atoms with Crippen LogP contribution >= 0.6 is 0 Å². The first-order chi connectivity index (χ1) is 16.7. The minimum Gasteiger partial charge on any atom is -0.497 e. The van der Waals surface area contributed by atoms with Gasteiger partial charge in [0.1, 0.15) is 11.5 Å². The lowest BCUT2D eigenvalue weighted by Gasteiger charge is -2.38. The topological polar surface area (TPSA) is 18.5 Å². The first-order valence-corrected chi connectivity index (χ1v) is 12.4. The molecule has 1 heterocycles. The molecule has 0 amide bonds. The summed E-state index contributed by atoms with van der Waals surface area (Å²) in [5, 5.41) is 2.62. The molecule has 4 aromatic rings. The molecule has 34 heavy (non-hydrogen) atoms.